The number of benzene rings is 3. The van der Waals surface area contributed by atoms with Gasteiger partial charge in [-0.05, 0) is 67.7 Å². The van der Waals surface area contributed by atoms with E-state index in [-0.39, 0.29) is 54.8 Å². The first-order chi connectivity index (χ1) is 22.5. The van der Waals surface area contributed by atoms with E-state index >= 15 is 0 Å². The topological polar surface area (TPSA) is 111 Å². The summed E-state index contributed by atoms with van der Waals surface area (Å²) in [5.74, 6) is -0.659. The maximum absolute atomic E-state index is 14.8. The molecule has 47 heavy (non-hydrogen) atoms. The molecule has 246 valence electrons. The third kappa shape index (κ3) is 5.22. The zero-order valence-electron chi connectivity index (χ0n) is 27.3. The third-order valence-electron chi connectivity index (χ3n) is 10.8. The lowest BCUT2D eigenvalue weighted by Gasteiger charge is -2.33. The lowest BCUT2D eigenvalue weighted by atomic mass is 9.82. The molecule has 2 saturated heterocycles. The number of fused-ring (bicyclic) bond motifs is 3. The van der Waals surface area contributed by atoms with Gasteiger partial charge in [0.15, 0.2) is 13.9 Å². The van der Waals surface area contributed by atoms with Crippen LogP contribution in [0.5, 0.6) is 0 Å². The molecule has 7 rings (SSSR count). The van der Waals surface area contributed by atoms with Crippen molar-refractivity contribution in [2.24, 2.45) is 5.92 Å². The van der Waals surface area contributed by atoms with Gasteiger partial charge in [0.2, 0.25) is 11.8 Å². The van der Waals surface area contributed by atoms with E-state index in [9.17, 15) is 24.3 Å². The SMILES string of the molecule is C[C@@H]1[C@@H]([Si](C)(C)O)[C@H](CC(=O)N2CCC[C@H]2CO)O[C@@]12C(=O)N(Cc1cccc(N3C(=O)CCc4ccccc43)c1)c1ccccc12. The minimum absolute atomic E-state index is 0.0391. The van der Waals surface area contributed by atoms with Crippen molar-refractivity contribution in [3.05, 3.63) is 89.5 Å². The first kappa shape index (κ1) is 31.8. The summed E-state index contributed by atoms with van der Waals surface area (Å²) in [7, 11) is -2.94. The van der Waals surface area contributed by atoms with Gasteiger partial charge >= 0.3 is 0 Å². The minimum Gasteiger partial charge on any atom is -0.432 e. The number of nitrogens with zero attached hydrogens (tertiary/aromatic N) is 3. The van der Waals surface area contributed by atoms with Crippen molar-refractivity contribution in [2.45, 2.75) is 82.0 Å². The molecule has 3 aromatic rings. The Morgan fingerprint density at radius 2 is 1.74 bits per heavy atom. The summed E-state index contributed by atoms with van der Waals surface area (Å²) in [5, 5.41) is 9.85. The third-order valence-corrected chi connectivity index (χ3v) is 13.3. The fourth-order valence-electron chi connectivity index (χ4n) is 8.72. The monoisotopic (exact) mass is 653 g/mol. The van der Waals surface area contributed by atoms with Gasteiger partial charge < -0.3 is 24.4 Å². The molecule has 0 bridgehead atoms. The molecular weight excluding hydrogens is 611 g/mol. The molecule has 5 atom stereocenters. The van der Waals surface area contributed by atoms with Gasteiger partial charge in [-0.2, -0.15) is 0 Å². The maximum Gasteiger partial charge on any atom is 0.264 e. The highest BCUT2D eigenvalue weighted by Gasteiger charge is 2.66. The van der Waals surface area contributed by atoms with E-state index in [1.165, 1.54) is 0 Å². The van der Waals surface area contributed by atoms with Crippen molar-refractivity contribution in [1.29, 1.82) is 0 Å². The largest absolute Gasteiger partial charge is 0.432 e. The van der Waals surface area contributed by atoms with Gasteiger partial charge in [0.1, 0.15) is 0 Å². The highest BCUT2D eigenvalue weighted by Crippen LogP contribution is 2.59. The Balaban J connectivity index is 1.21. The molecule has 0 radical (unpaired) electrons. The van der Waals surface area contributed by atoms with Crippen molar-refractivity contribution >= 4 is 43.1 Å². The van der Waals surface area contributed by atoms with Gasteiger partial charge in [-0.1, -0.05) is 55.5 Å². The lowest BCUT2D eigenvalue weighted by molar-refractivity contribution is -0.150. The van der Waals surface area contributed by atoms with E-state index < -0.39 is 20.0 Å². The molecule has 0 saturated carbocycles. The van der Waals surface area contributed by atoms with Crippen molar-refractivity contribution in [1.82, 2.24) is 4.90 Å². The van der Waals surface area contributed by atoms with Gasteiger partial charge in [0.25, 0.3) is 5.91 Å². The highest BCUT2D eigenvalue weighted by molar-refractivity contribution is 6.71. The molecule has 3 amide bonds. The smallest absolute Gasteiger partial charge is 0.264 e. The molecule has 4 aliphatic rings. The molecule has 2 fully saturated rings. The fraction of sp³-hybridized carbons (Fsp3) is 0.432. The molecule has 0 aliphatic carbocycles. The first-order valence-corrected chi connectivity index (χ1v) is 19.8. The molecule has 4 aliphatic heterocycles. The number of anilines is 3. The highest BCUT2D eigenvalue weighted by atomic mass is 28.4. The molecule has 3 aromatic carbocycles. The van der Waals surface area contributed by atoms with E-state index in [1.807, 2.05) is 86.7 Å². The van der Waals surface area contributed by atoms with Crippen molar-refractivity contribution in [3.8, 4) is 0 Å². The summed E-state index contributed by atoms with van der Waals surface area (Å²) >= 11 is 0. The average Bonchev–Trinajstić information content (AvgIpc) is 3.71. The number of likely N-dealkylation sites (tertiary alicyclic amines) is 1. The number of ether oxygens (including phenoxy) is 1. The standard InChI is InChI=1S/C37H43N3O6Si/c1-24-35(47(2,3)45)32(21-34(43)38-19-9-13-28(38)23-41)46-37(24)29-14-5-7-16-31(29)39(36(37)44)22-25-10-8-12-27(20-25)40-30-15-6-4-11-26(30)17-18-33(40)42/h4-8,10-12,14-16,20,24,28,32,35,41,45H,9,13,17-19,21-23H2,1-3H3/t24-,28+,32+,35-,37+/m1/s1. The van der Waals surface area contributed by atoms with E-state index in [1.54, 1.807) is 14.7 Å². The summed E-state index contributed by atoms with van der Waals surface area (Å²) in [4.78, 5) is 58.4. The molecule has 4 heterocycles. The maximum atomic E-state index is 14.8. The quantitative estimate of drug-likeness (QED) is 0.347. The van der Waals surface area contributed by atoms with Crippen LogP contribution >= 0.6 is 0 Å². The number of aryl methyl sites for hydroxylation is 1. The Bertz CT molecular complexity index is 1720. The van der Waals surface area contributed by atoms with Crippen molar-refractivity contribution in [2.75, 3.05) is 23.0 Å². The van der Waals surface area contributed by atoms with E-state index in [2.05, 4.69) is 6.07 Å². The summed E-state index contributed by atoms with van der Waals surface area (Å²) < 4.78 is 6.86. The number of hydrogen-bond acceptors (Lipinski definition) is 6. The van der Waals surface area contributed by atoms with Crippen LogP contribution in [0.15, 0.2) is 72.8 Å². The van der Waals surface area contributed by atoms with Crippen LogP contribution in [0.2, 0.25) is 18.6 Å². The number of amides is 3. The van der Waals surface area contributed by atoms with Crippen LogP contribution in [0.4, 0.5) is 17.1 Å². The van der Waals surface area contributed by atoms with Crippen LogP contribution < -0.4 is 9.80 Å². The second-order valence-corrected chi connectivity index (χ2v) is 18.0. The number of carbonyl (C=O) groups excluding carboxylic acids is 3. The minimum atomic E-state index is -2.94. The van der Waals surface area contributed by atoms with Crippen LogP contribution in [-0.2, 0) is 37.7 Å². The number of rotatable bonds is 7. The first-order valence-electron chi connectivity index (χ1n) is 16.8. The van der Waals surface area contributed by atoms with Gasteiger partial charge in [-0.15, -0.1) is 0 Å². The van der Waals surface area contributed by atoms with E-state index in [0.29, 0.717) is 19.4 Å². The van der Waals surface area contributed by atoms with Crippen LogP contribution in [0.1, 0.15) is 49.3 Å². The average molecular weight is 654 g/mol. The van der Waals surface area contributed by atoms with Gasteiger partial charge in [0.05, 0.1) is 43.1 Å². The summed E-state index contributed by atoms with van der Waals surface area (Å²) in [5.41, 5.74) is 3.43. The zero-order valence-corrected chi connectivity index (χ0v) is 28.3. The predicted molar refractivity (Wildman–Crippen MR) is 182 cm³/mol. The Labute approximate surface area is 276 Å². The number of para-hydroxylation sites is 2. The molecule has 0 aromatic heterocycles. The van der Waals surface area contributed by atoms with Gasteiger partial charge in [-0.3, -0.25) is 19.3 Å². The fourth-order valence-corrected chi connectivity index (χ4v) is 11.3. The lowest BCUT2D eigenvalue weighted by Crippen LogP contribution is -2.46. The Morgan fingerprint density at radius 3 is 2.51 bits per heavy atom. The summed E-state index contributed by atoms with van der Waals surface area (Å²) in [6.45, 7) is 6.47. The molecular formula is C37H43N3O6Si. The van der Waals surface area contributed by atoms with E-state index in [4.69, 9.17) is 4.74 Å². The van der Waals surface area contributed by atoms with Crippen LogP contribution in [-0.4, -0.2) is 66.1 Å². The molecule has 1 spiro atoms. The molecule has 2 N–H and O–H groups in total. The second-order valence-electron chi connectivity index (χ2n) is 14.1. The number of hydrogen-bond donors (Lipinski definition) is 2. The van der Waals surface area contributed by atoms with Gasteiger partial charge in [-0.25, -0.2) is 0 Å². The predicted octanol–water partition coefficient (Wildman–Crippen LogP) is 5.02. The van der Waals surface area contributed by atoms with Crippen LogP contribution in [0.25, 0.3) is 0 Å². The molecule has 10 heteroatoms. The number of carbonyl (C=O) groups is 3. The van der Waals surface area contributed by atoms with Crippen molar-refractivity contribution < 1.29 is 29.0 Å². The van der Waals surface area contributed by atoms with Gasteiger partial charge in [0, 0.05) is 35.7 Å². The number of aliphatic hydroxyl groups excluding tert-OH is 1. The zero-order chi connectivity index (χ0) is 33.1. The summed E-state index contributed by atoms with van der Waals surface area (Å²) in [6, 6.07) is 23.2. The van der Waals surface area contributed by atoms with Crippen LogP contribution in [0.3, 0.4) is 0 Å². The van der Waals surface area contributed by atoms with Crippen molar-refractivity contribution in [3.63, 3.8) is 0 Å². The molecule has 9 nitrogen and oxygen atoms in total. The normalized spacial score (nSPS) is 27.1. The van der Waals surface area contributed by atoms with Crippen LogP contribution in [0, 0.1) is 5.92 Å². The Kier molecular flexibility index (Phi) is 8.11. The molecule has 0 unspecified atom stereocenters. The second kappa shape index (κ2) is 12.0. The Hall–Kier alpha value is -3.83. The van der Waals surface area contributed by atoms with E-state index in [0.717, 1.165) is 46.6 Å². The summed E-state index contributed by atoms with van der Waals surface area (Å²) in [6.07, 6.45) is 2.16. The number of aliphatic hydroxyl groups is 1. The Morgan fingerprint density at radius 1 is 1.00 bits per heavy atom.